The molecule has 1 aliphatic heterocycles. The number of benzene rings is 2. The van der Waals surface area contributed by atoms with Crippen LogP contribution in [0.3, 0.4) is 0 Å². The van der Waals surface area contributed by atoms with Gasteiger partial charge in [-0.25, -0.2) is 8.42 Å². The molecule has 1 atom stereocenters. The summed E-state index contributed by atoms with van der Waals surface area (Å²) in [4.78, 5) is 13.1. The number of carbonyl (C=O) groups excluding carboxylic acids is 1. The number of nitrogens with zero attached hydrogens (tertiary/aromatic N) is 1. The van der Waals surface area contributed by atoms with Crippen molar-refractivity contribution in [3.8, 4) is 0 Å². The summed E-state index contributed by atoms with van der Waals surface area (Å²) in [5.41, 5.74) is 3.07. The minimum atomic E-state index is -3.64. The van der Waals surface area contributed by atoms with Crippen LogP contribution < -0.4 is 5.32 Å². The SMILES string of the molecule is Cc1ccc(C)c(S(=O)(=O)N2CCC[C@H](C(=O)Nc3cccc(Cl)c3C)C2)c1. The Hall–Kier alpha value is -1.89. The number of sulfonamides is 1. The molecular weight excluding hydrogens is 396 g/mol. The van der Waals surface area contributed by atoms with Crippen LogP contribution in [0, 0.1) is 26.7 Å². The molecule has 150 valence electrons. The monoisotopic (exact) mass is 420 g/mol. The zero-order chi connectivity index (χ0) is 20.5. The third-order valence-electron chi connectivity index (χ3n) is 5.24. The summed E-state index contributed by atoms with van der Waals surface area (Å²) in [6, 6.07) is 10.8. The predicted octanol–water partition coefficient (Wildman–Crippen LogP) is 4.30. The summed E-state index contributed by atoms with van der Waals surface area (Å²) >= 11 is 6.12. The van der Waals surface area contributed by atoms with E-state index in [2.05, 4.69) is 5.32 Å². The highest BCUT2D eigenvalue weighted by Gasteiger charge is 2.34. The summed E-state index contributed by atoms with van der Waals surface area (Å²) in [5, 5.41) is 3.49. The minimum Gasteiger partial charge on any atom is -0.326 e. The molecule has 1 amide bonds. The second-order valence-electron chi connectivity index (χ2n) is 7.37. The van der Waals surface area contributed by atoms with Crippen molar-refractivity contribution in [3.05, 3.63) is 58.1 Å². The second-order valence-corrected chi connectivity index (χ2v) is 9.69. The fraction of sp³-hybridized carbons (Fsp3) is 0.381. The predicted molar refractivity (Wildman–Crippen MR) is 112 cm³/mol. The molecule has 0 bridgehead atoms. The van der Waals surface area contributed by atoms with Crippen LogP contribution in [0.2, 0.25) is 5.02 Å². The molecule has 2 aromatic rings. The van der Waals surface area contributed by atoms with Crippen LogP contribution in [0.5, 0.6) is 0 Å². The number of rotatable bonds is 4. The van der Waals surface area contributed by atoms with Crippen molar-refractivity contribution < 1.29 is 13.2 Å². The first-order valence-electron chi connectivity index (χ1n) is 9.33. The number of anilines is 1. The van der Waals surface area contributed by atoms with Gasteiger partial charge in [0.2, 0.25) is 15.9 Å². The Morgan fingerprint density at radius 2 is 1.93 bits per heavy atom. The maximum atomic E-state index is 13.2. The molecule has 0 aliphatic carbocycles. The molecular formula is C21H25ClN2O3S. The van der Waals surface area contributed by atoms with Crippen LogP contribution in [-0.2, 0) is 14.8 Å². The van der Waals surface area contributed by atoms with Crippen LogP contribution in [0.4, 0.5) is 5.69 Å². The fourth-order valence-corrected chi connectivity index (χ4v) is 5.48. The Bertz CT molecular complexity index is 1000. The van der Waals surface area contributed by atoms with Crippen molar-refractivity contribution in [2.45, 2.75) is 38.5 Å². The number of hydrogen-bond donors (Lipinski definition) is 1. The van der Waals surface area contributed by atoms with E-state index in [1.807, 2.05) is 26.0 Å². The molecule has 1 N–H and O–H groups in total. The normalized spacial score (nSPS) is 18.1. The van der Waals surface area contributed by atoms with Gasteiger partial charge >= 0.3 is 0 Å². The van der Waals surface area contributed by atoms with E-state index in [0.29, 0.717) is 40.6 Å². The Labute approximate surface area is 171 Å². The molecule has 28 heavy (non-hydrogen) atoms. The molecule has 0 spiro atoms. The largest absolute Gasteiger partial charge is 0.326 e. The number of carbonyl (C=O) groups is 1. The molecule has 1 fully saturated rings. The van der Waals surface area contributed by atoms with E-state index in [9.17, 15) is 13.2 Å². The van der Waals surface area contributed by atoms with Crippen molar-refractivity contribution in [1.29, 1.82) is 0 Å². The van der Waals surface area contributed by atoms with Gasteiger partial charge < -0.3 is 5.32 Å². The van der Waals surface area contributed by atoms with E-state index in [0.717, 1.165) is 11.1 Å². The molecule has 1 aliphatic rings. The first kappa shape index (κ1) is 20.8. The zero-order valence-corrected chi connectivity index (χ0v) is 17.9. The molecule has 0 radical (unpaired) electrons. The van der Waals surface area contributed by atoms with Crippen LogP contribution in [0.15, 0.2) is 41.3 Å². The van der Waals surface area contributed by atoms with Gasteiger partial charge in [0.25, 0.3) is 0 Å². The van der Waals surface area contributed by atoms with Gasteiger partial charge in [-0.3, -0.25) is 4.79 Å². The van der Waals surface area contributed by atoms with E-state index in [-0.39, 0.29) is 12.5 Å². The lowest BCUT2D eigenvalue weighted by molar-refractivity contribution is -0.120. The average molecular weight is 421 g/mol. The summed E-state index contributed by atoms with van der Waals surface area (Å²) in [5.74, 6) is -0.571. The van der Waals surface area contributed by atoms with E-state index in [4.69, 9.17) is 11.6 Å². The quantitative estimate of drug-likeness (QED) is 0.801. The van der Waals surface area contributed by atoms with Crippen LogP contribution in [0.25, 0.3) is 0 Å². The smallest absolute Gasteiger partial charge is 0.243 e. The van der Waals surface area contributed by atoms with E-state index in [1.165, 1.54) is 4.31 Å². The summed E-state index contributed by atoms with van der Waals surface area (Å²) in [6.07, 6.45) is 1.31. The fourth-order valence-electron chi connectivity index (χ4n) is 3.48. The second kappa shape index (κ2) is 8.23. The highest BCUT2D eigenvalue weighted by molar-refractivity contribution is 7.89. The van der Waals surface area contributed by atoms with Gasteiger partial charge in [0.1, 0.15) is 0 Å². The number of nitrogens with one attached hydrogen (secondary N) is 1. The molecule has 0 aromatic heterocycles. The van der Waals surface area contributed by atoms with Crippen molar-refractivity contribution in [1.82, 2.24) is 4.31 Å². The summed E-state index contributed by atoms with van der Waals surface area (Å²) in [6.45, 7) is 6.12. The van der Waals surface area contributed by atoms with Crippen molar-refractivity contribution in [3.63, 3.8) is 0 Å². The number of amides is 1. The topological polar surface area (TPSA) is 66.5 Å². The Balaban J connectivity index is 1.79. The Kier molecular flexibility index (Phi) is 6.12. The van der Waals surface area contributed by atoms with Crippen LogP contribution in [-0.4, -0.2) is 31.7 Å². The lowest BCUT2D eigenvalue weighted by Gasteiger charge is -2.31. The minimum absolute atomic E-state index is 0.175. The van der Waals surface area contributed by atoms with Gasteiger partial charge in [0.15, 0.2) is 0 Å². The first-order chi connectivity index (χ1) is 13.2. The molecule has 3 rings (SSSR count). The molecule has 1 saturated heterocycles. The molecule has 2 aromatic carbocycles. The standard InChI is InChI=1S/C21H25ClN2O3S/c1-14-9-10-15(2)20(12-14)28(26,27)24-11-5-6-17(13-24)21(25)23-19-8-4-7-18(22)16(19)3/h4,7-10,12,17H,5-6,11,13H2,1-3H3,(H,23,25)/t17-/m0/s1. The lowest BCUT2D eigenvalue weighted by atomic mass is 9.98. The van der Waals surface area contributed by atoms with Gasteiger partial charge in [-0.15, -0.1) is 0 Å². The molecule has 0 unspecified atom stereocenters. The lowest BCUT2D eigenvalue weighted by Crippen LogP contribution is -2.43. The van der Waals surface area contributed by atoms with Crippen molar-refractivity contribution in [2.75, 3.05) is 18.4 Å². The Morgan fingerprint density at radius 1 is 1.18 bits per heavy atom. The van der Waals surface area contributed by atoms with Gasteiger partial charge in [-0.05, 0) is 68.5 Å². The molecule has 0 saturated carbocycles. The van der Waals surface area contributed by atoms with Gasteiger partial charge in [0.05, 0.1) is 10.8 Å². The molecule has 7 heteroatoms. The van der Waals surface area contributed by atoms with Crippen LogP contribution in [0.1, 0.15) is 29.5 Å². The Morgan fingerprint density at radius 3 is 2.68 bits per heavy atom. The maximum Gasteiger partial charge on any atom is 0.243 e. The number of piperidine rings is 1. The van der Waals surface area contributed by atoms with E-state index in [1.54, 1.807) is 31.2 Å². The number of halogens is 1. The summed E-state index contributed by atoms with van der Waals surface area (Å²) < 4.78 is 27.8. The third-order valence-corrected chi connectivity index (χ3v) is 7.66. The van der Waals surface area contributed by atoms with E-state index < -0.39 is 15.9 Å². The summed E-state index contributed by atoms with van der Waals surface area (Å²) in [7, 11) is -3.64. The average Bonchev–Trinajstić information content (AvgIpc) is 2.67. The van der Waals surface area contributed by atoms with Crippen molar-refractivity contribution >= 4 is 33.2 Å². The van der Waals surface area contributed by atoms with E-state index >= 15 is 0 Å². The number of hydrogen-bond acceptors (Lipinski definition) is 3. The van der Waals surface area contributed by atoms with Crippen LogP contribution >= 0.6 is 11.6 Å². The highest BCUT2D eigenvalue weighted by atomic mass is 35.5. The first-order valence-corrected chi connectivity index (χ1v) is 11.2. The number of aryl methyl sites for hydroxylation is 2. The zero-order valence-electron chi connectivity index (χ0n) is 16.3. The highest BCUT2D eigenvalue weighted by Crippen LogP contribution is 2.28. The third kappa shape index (κ3) is 4.24. The van der Waals surface area contributed by atoms with Gasteiger partial charge in [-0.1, -0.05) is 29.8 Å². The van der Waals surface area contributed by atoms with Gasteiger partial charge in [0, 0.05) is 23.8 Å². The molecule has 5 nitrogen and oxygen atoms in total. The maximum absolute atomic E-state index is 13.2. The van der Waals surface area contributed by atoms with Gasteiger partial charge in [-0.2, -0.15) is 4.31 Å². The molecule has 1 heterocycles. The van der Waals surface area contributed by atoms with Crippen molar-refractivity contribution in [2.24, 2.45) is 5.92 Å².